The second-order valence-corrected chi connectivity index (χ2v) is 3.44. The number of benzene rings is 1. The highest BCUT2D eigenvalue weighted by molar-refractivity contribution is 5.80. The Morgan fingerprint density at radius 2 is 2.00 bits per heavy atom. The van der Waals surface area contributed by atoms with Gasteiger partial charge in [0.2, 0.25) is 0 Å². The monoisotopic (exact) mass is 239 g/mol. The molecule has 1 aromatic carbocycles. The number of nitrogens with zero attached hydrogens (tertiary/aromatic N) is 1. The number of aromatic hydroxyl groups is 1. The van der Waals surface area contributed by atoms with E-state index in [1.54, 1.807) is 0 Å². The van der Waals surface area contributed by atoms with Gasteiger partial charge >= 0.3 is 0 Å². The molecule has 0 atom stereocenters. The number of carbonyl (C=O) groups excluding carboxylic acids is 1. The van der Waals surface area contributed by atoms with Crippen LogP contribution in [0, 0.1) is 10.1 Å². The first-order chi connectivity index (χ1) is 8.15. The predicted molar refractivity (Wildman–Crippen MR) is 60.2 cm³/mol. The van der Waals surface area contributed by atoms with Crippen molar-refractivity contribution in [3.05, 3.63) is 33.9 Å². The lowest BCUT2D eigenvalue weighted by Crippen LogP contribution is -1.89. The number of hydrogen-bond acceptors (Lipinski definition) is 5. The van der Waals surface area contributed by atoms with E-state index in [0.717, 1.165) is 31.4 Å². The molecule has 1 aromatic rings. The van der Waals surface area contributed by atoms with Crippen molar-refractivity contribution in [1.29, 1.82) is 0 Å². The molecule has 6 heteroatoms. The van der Waals surface area contributed by atoms with Crippen LogP contribution in [0.5, 0.6) is 5.75 Å². The molecule has 0 spiro atoms. The lowest BCUT2D eigenvalue weighted by Gasteiger charge is -1.95. The quantitative estimate of drug-likeness (QED) is 0.483. The number of hydrogen-bond donors (Lipinski definition) is 1. The van der Waals surface area contributed by atoms with Crippen molar-refractivity contribution in [2.45, 2.75) is 12.8 Å². The summed E-state index contributed by atoms with van der Waals surface area (Å²) in [5.74, 6) is -0.254. The lowest BCUT2D eigenvalue weighted by atomic mass is 10.2. The molecule has 17 heavy (non-hydrogen) atoms. The Bertz CT molecular complexity index is 393. The average Bonchev–Trinajstić information content (AvgIpc) is 2.88. The minimum atomic E-state index is -0.633. The highest BCUT2D eigenvalue weighted by Gasteiger charge is 2.08. The second-order valence-electron chi connectivity index (χ2n) is 3.44. The number of non-ortho nitro benzene ring substituents is 1. The van der Waals surface area contributed by atoms with Crippen molar-refractivity contribution in [3.8, 4) is 5.75 Å². The summed E-state index contributed by atoms with van der Waals surface area (Å²) >= 11 is 0. The molecule has 0 saturated carbocycles. The molecule has 6 nitrogen and oxygen atoms in total. The number of nitro benzene ring substituents is 1. The zero-order valence-electron chi connectivity index (χ0n) is 9.17. The average molecular weight is 239 g/mol. The summed E-state index contributed by atoms with van der Waals surface area (Å²) in [6.45, 7) is 2.00. The van der Waals surface area contributed by atoms with Crippen molar-refractivity contribution >= 4 is 12.0 Å². The van der Waals surface area contributed by atoms with Crippen LogP contribution in [0.25, 0.3) is 0 Å². The first kappa shape index (κ1) is 13.1. The van der Waals surface area contributed by atoms with Crippen LogP contribution < -0.4 is 0 Å². The first-order valence-corrected chi connectivity index (χ1v) is 5.15. The summed E-state index contributed by atoms with van der Waals surface area (Å²) in [7, 11) is 0. The summed E-state index contributed by atoms with van der Waals surface area (Å²) in [4.78, 5) is 19.8. The van der Waals surface area contributed by atoms with Gasteiger partial charge in [-0.25, -0.2) is 0 Å². The minimum Gasteiger partial charge on any atom is -0.507 e. The van der Waals surface area contributed by atoms with Gasteiger partial charge in [-0.3, -0.25) is 14.9 Å². The maximum Gasteiger partial charge on any atom is 0.270 e. The fraction of sp³-hybridized carbons (Fsp3) is 0.364. The van der Waals surface area contributed by atoms with Gasteiger partial charge < -0.3 is 9.84 Å². The van der Waals surface area contributed by atoms with Crippen LogP contribution >= 0.6 is 0 Å². The van der Waals surface area contributed by atoms with Gasteiger partial charge in [0, 0.05) is 25.3 Å². The Balaban J connectivity index is 0.000000239. The van der Waals surface area contributed by atoms with Gasteiger partial charge in [-0.1, -0.05) is 0 Å². The number of aldehydes is 1. The number of phenols is 1. The highest BCUT2D eigenvalue weighted by Crippen LogP contribution is 2.20. The molecule has 1 heterocycles. The zero-order valence-corrected chi connectivity index (χ0v) is 9.17. The minimum absolute atomic E-state index is 0.0794. The Hall–Kier alpha value is -1.95. The maximum atomic E-state index is 10.2. The summed E-state index contributed by atoms with van der Waals surface area (Å²) in [5, 5.41) is 19.2. The normalized spacial score (nSPS) is 13.6. The van der Waals surface area contributed by atoms with Gasteiger partial charge in [-0.2, -0.15) is 0 Å². The Kier molecular flexibility index (Phi) is 5.09. The van der Waals surface area contributed by atoms with Crippen LogP contribution in [0.4, 0.5) is 5.69 Å². The van der Waals surface area contributed by atoms with Crippen molar-refractivity contribution in [1.82, 2.24) is 0 Å². The molecule has 92 valence electrons. The van der Waals surface area contributed by atoms with E-state index in [-0.39, 0.29) is 17.0 Å². The van der Waals surface area contributed by atoms with Crippen LogP contribution in [0.2, 0.25) is 0 Å². The van der Waals surface area contributed by atoms with Crippen molar-refractivity contribution in [2.75, 3.05) is 13.2 Å². The predicted octanol–water partition coefficient (Wildman–Crippen LogP) is 1.91. The fourth-order valence-electron chi connectivity index (χ4n) is 1.26. The van der Waals surface area contributed by atoms with Gasteiger partial charge in [0.25, 0.3) is 5.69 Å². The maximum absolute atomic E-state index is 10.2. The van der Waals surface area contributed by atoms with Crippen LogP contribution in [-0.4, -0.2) is 29.5 Å². The first-order valence-electron chi connectivity index (χ1n) is 5.15. The molecule has 0 unspecified atom stereocenters. The lowest BCUT2D eigenvalue weighted by molar-refractivity contribution is -0.384. The van der Waals surface area contributed by atoms with Crippen molar-refractivity contribution in [3.63, 3.8) is 0 Å². The second kappa shape index (κ2) is 6.59. The Morgan fingerprint density at radius 3 is 2.41 bits per heavy atom. The number of ether oxygens (including phenoxy) is 1. The van der Waals surface area contributed by atoms with Gasteiger partial charge in [0.15, 0.2) is 6.29 Å². The third-order valence-electron chi connectivity index (χ3n) is 2.18. The van der Waals surface area contributed by atoms with E-state index in [1.165, 1.54) is 12.8 Å². The van der Waals surface area contributed by atoms with E-state index in [2.05, 4.69) is 0 Å². The molecule has 0 radical (unpaired) electrons. The topological polar surface area (TPSA) is 89.7 Å². The van der Waals surface area contributed by atoms with Crippen LogP contribution in [-0.2, 0) is 4.74 Å². The molecule has 0 bridgehead atoms. The number of nitro groups is 1. The van der Waals surface area contributed by atoms with Gasteiger partial charge in [-0.15, -0.1) is 0 Å². The van der Waals surface area contributed by atoms with Gasteiger partial charge in [0.1, 0.15) is 5.75 Å². The molecule has 2 rings (SSSR count). The van der Waals surface area contributed by atoms with E-state index < -0.39 is 4.92 Å². The highest BCUT2D eigenvalue weighted by atomic mass is 16.6. The smallest absolute Gasteiger partial charge is 0.270 e. The van der Waals surface area contributed by atoms with E-state index in [0.29, 0.717) is 6.29 Å². The van der Waals surface area contributed by atoms with E-state index in [1.807, 2.05) is 0 Å². The van der Waals surface area contributed by atoms with Crippen molar-refractivity contribution < 1.29 is 19.6 Å². The third-order valence-corrected chi connectivity index (χ3v) is 2.18. The van der Waals surface area contributed by atoms with Gasteiger partial charge in [-0.05, 0) is 18.9 Å². The molecule has 0 amide bonds. The molecule has 1 aliphatic rings. The zero-order chi connectivity index (χ0) is 12.7. The summed E-state index contributed by atoms with van der Waals surface area (Å²) < 4.78 is 4.94. The van der Waals surface area contributed by atoms with E-state index in [9.17, 15) is 14.9 Å². The summed E-state index contributed by atoms with van der Waals surface area (Å²) in [6, 6.07) is 3.26. The molecule has 1 aliphatic heterocycles. The third kappa shape index (κ3) is 4.20. The Labute approximate surface area is 98.0 Å². The fourth-order valence-corrected chi connectivity index (χ4v) is 1.26. The summed E-state index contributed by atoms with van der Waals surface area (Å²) in [6.07, 6.45) is 2.92. The molecular formula is C11H13NO5. The molecule has 0 aliphatic carbocycles. The Morgan fingerprint density at radius 1 is 1.35 bits per heavy atom. The molecule has 0 aromatic heterocycles. The van der Waals surface area contributed by atoms with Crippen molar-refractivity contribution in [2.24, 2.45) is 0 Å². The number of phenolic OH excluding ortho intramolecular Hbond substituents is 1. The van der Waals surface area contributed by atoms with Crippen LogP contribution in [0.1, 0.15) is 23.2 Å². The van der Waals surface area contributed by atoms with Crippen LogP contribution in [0.15, 0.2) is 18.2 Å². The SMILES string of the molecule is C1CCOC1.O=Cc1cc([N+](=O)[O-])ccc1O. The molecular weight excluding hydrogens is 226 g/mol. The molecule has 1 N–H and O–H groups in total. The standard InChI is InChI=1S/C7H5NO4.C4H8O/c9-4-5-3-6(8(11)12)1-2-7(5)10;1-2-4-5-3-1/h1-4,10H;1-4H2. The molecule has 1 fully saturated rings. The summed E-state index contributed by atoms with van der Waals surface area (Å²) in [5.41, 5.74) is -0.292. The van der Waals surface area contributed by atoms with Gasteiger partial charge in [0.05, 0.1) is 10.5 Å². The molecule has 1 saturated heterocycles. The largest absolute Gasteiger partial charge is 0.507 e. The van der Waals surface area contributed by atoms with E-state index >= 15 is 0 Å². The number of rotatable bonds is 2. The van der Waals surface area contributed by atoms with E-state index in [4.69, 9.17) is 9.84 Å². The van der Waals surface area contributed by atoms with Crippen LogP contribution in [0.3, 0.4) is 0 Å². The number of carbonyl (C=O) groups is 1.